The van der Waals surface area contributed by atoms with E-state index in [1.807, 2.05) is 47.4 Å². The van der Waals surface area contributed by atoms with Gasteiger partial charge in [0.2, 0.25) is 5.91 Å². The van der Waals surface area contributed by atoms with Crippen molar-refractivity contribution in [2.24, 2.45) is 5.10 Å². The van der Waals surface area contributed by atoms with Gasteiger partial charge in [-0.15, -0.1) is 11.8 Å². The van der Waals surface area contributed by atoms with E-state index in [2.05, 4.69) is 22.7 Å². The van der Waals surface area contributed by atoms with Crippen LogP contribution in [0.5, 0.6) is 0 Å². The van der Waals surface area contributed by atoms with Gasteiger partial charge in [-0.1, -0.05) is 66.2 Å². The lowest BCUT2D eigenvalue weighted by molar-refractivity contribution is -0.128. The van der Waals surface area contributed by atoms with Crippen LogP contribution in [-0.2, 0) is 11.2 Å². The lowest BCUT2D eigenvalue weighted by Crippen LogP contribution is -2.30. The molecule has 0 radical (unpaired) electrons. The van der Waals surface area contributed by atoms with E-state index in [0.717, 1.165) is 17.5 Å². The van der Waals surface area contributed by atoms with E-state index in [9.17, 15) is 9.59 Å². The van der Waals surface area contributed by atoms with Gasteiger partial charge in [0.05, 0.1) is 12.0 Å². The number of carbonyl (C=O) groups excluding carboxylic acids is 2. The monoisotopic (exact) mass is 463 g/mol. The summed E-state index contributed by atoms with van der Waals surface area (Å²) in [5, 5.41) is 4.61. The number of carbonyl (C=O) groups is 2. The molecule has 1 aliphatic rings. The zero-order chi connectivity index (χ0) is 22.3. The van der Waals surface area contributed by atoms with Crippen molar-refractivity contribution in [1.82, 2.24) is 10.3 Å². The standard InChI is InChI=1S/C25H22ClN3O2S/c26-22-12-6-19(7-13-22)16-27-28-24(31)20-8-10-21(11-9-20)25-29(23(30)17-32-25)15-14-18-4-2-1-3-5-18/h1-13,16,25H,14-15,17H2,(H,28,31)/b27-16-/t25-/m0/s1. The van der Waals surface area contributed by atoms with E-state index < -0.39 is 0 Å². The molecule has 0 bridgehead atoms. The van der Waals surface area contributed by atoms with Gasteiger partial charge in [0.25, 0.3) is 5.91 Å². The first-order valence-corrected chi connectivity index (χ1v) is 11.7. The summed E-state index contributed by atoms with van der Waals surface area (Å²) in [6.07, 6.45) is 2.38. The van der Waals surface area contributed by atoms with Crippen molar-refractivity contribution >= 4 is 41.4 Å². The molecule has 4 rings (SSSR count). The van der Waals surface area contributed by atoms with E-state index in [-0.39, 0.29) is 17.2 Å². The highest BCUT2D eigenvalue weighted by Gasteiger charge is 2.32. The zero-order valence-corrected chi connectivity index (χ0v) is 18.9. The topological polar surface area (TPSA) is 61.8 Å². The van der Waals surface area contributed by atoms with Gasteiger partial charge in [-0.2, -0.15) is 5.10 Å². The Morgan fingerprint density at radius 2 is 1.78 bits per heavy atom. The maximum atomic E-state index is 12.4. The molecule has 1 N–H and O–H groups in total. The minimum Gasteiger partial charge on any atom is -0.326 e. The molecule has 7 heteroatoms. The van der Waals surface area contributed by atoms with Crippen LogP contribution in [0.3, 0.4) is 0 Å². The molecule has 0 unspecified atom stereocenters. The summed E-state index contributed by atoms with van der Waals surface area (Å²) in [5.74, 6) is 0.327. The van der Waals surface area contributed by atoms with Gasteiger partial charge in [0.15, 0.2) is 0 Å². The summed E-state index contributed by atoms with van der Waals surface area (Å²) < 4.78 is 0. The second-order valence-corrected chi connectivity index (χ2v) is 8.86. The Balaban J connectivity index is 1.36. The Morgan fingerprint density at radius 1 is 1.06 bits per heavy atom. The summed E-state index contributed by atoms with van der Waals surface area (Å²) in [6, 6.07) is 24.7. The fourth-order valence-corrected chi connectivity index (χ4v) is 4.79. The predicted octanol–water partition coefficient (Wildman–Crippen LogP) is 4.92. The largest absolute Gasteiger partial charge is 0.326 e. The molecular weight excluding hydrogens is 442 g/mol. The molecule has 1 saturated heterocycles. The fraction of sp³-hybridized carbons (Fsp3) is 0.160. The first kappa shape index (κ1) is 22.1. The van der Waals surface area contributed by atoms with E-state index in [0.29, 0.717) is 22.9 Å². The molecule has 1 heterocycles. The van der Waals surface area contributed by atoms with Gasteiger partial charge in [-0.25, -0.2) is 5.43 Å². The van der Waals surface area contributed by atoms with Crippen molar-refractivity contribution in [3.8, 4) is 0 Å². The van der Waals surface area contributed by atoms with E-state index in [1.54, 1.807) is 42.2 Å². The van der Waals surface area contributed by atoms with Crippen LogP contribution >= 0.6 is 23.4 Å². The summed E-state index contributed by atoms with van der Waals surface area (Å²) in [4.78, 5) is 26.7. The molecule has 32 heavy (non-hydrogen) atoms. The van der Waals surface area contributed by atoms with Crippen molar-refractivity contribution in [3.05, 3.63) is 106 Å². The third-order valence-corrected chi connectivity index (χ3v) is 6.67. The molecule has 0 aromatic heterocycles. The minimum absolute atomic E-state index is 0.0359. The molecule has 1 atom stereocenters. The summed E-state index contributed by atoms with van der Waals surface area (Å²) >= 11 is 7.48. The molecular formula is C25H22ClN3O2S. The van der Waals surface area contributed by atoms with Gasteiger partial charge in [-0.05, 0) is 47.4 Å². The molecule has 0 spiro atoms. The normalized spacial score (nSPS) is 16.0. The van der Waals surface area contributed by atoms with Crippen LogP contribution in [0.1, 0.15) is 32.4 Å². The maximum Gasteiger partial charge on any atom is 0.271 e. The Kier molecular flexibility index (Phi) is 7.24. The van der Waals surface area contributed by atoms with Crippen LogP contribution in [-0.4, -0.2) is 35.2 Å². The molecule has 2 amide bonds. The Morgan fingerprint density at radius 3 is 2.50 bits per heavy atom. The molecule has 3 aromatic carbocycles. The van der Waals surface area contributed by atoms with Gasteiger partial charge < -0.3 is 4.90 Å². The molecule has 0 aliphatic carbocycles. The van der Waals surface area contributed by atoms with Gasteiger partial charge >= 0.3 is 0 Å². The first-order chi connectivity index (χ1) is 15.6. The third-order valence-electron chi connectivity index (χ3n) is 5.16. The van der Waals surface area contributed by atoms with Crippen LogP contribution in [0.2, 0.25) is 5.02 Å². The van der Waals surface area contributed by atoms with E-state index in [1.165, 1.54) is 5.56 Å². The SMILES string of the molecule is O=C(N/N=C\c1ccc(Cl)cc1)c1ccc([C@@H]2SCC(=O)N2CCc2ccccc2)cc1. The number of nitrogens with one attached hydrogen (secondary N) is 1. The molecule has 162 valence electrons. The van der Waals surface area contributed by atoms with Gasteiger partial charge in [0, 0.05) is 17.1 Å². The van der Waals surface area contributed by atoms with Gasteiger partial charge in [-0.3, -0.25) is 9.59 Å². The number of hydrogen-bond acceptors (Lipinski definition) is 4. The highest BCUT2D eigenvalue weighted by molar-refractivity contribution is 8.00. The van der Waals surface area contributed by atoms with Crippen LogP contribution in [0.25, 0.3) is 0 Å². The molecule has 1 fully saturated rings. The maximum absolute atomic E-state index is 12.4. The number of halogens is 1. The average molecular weight is 464 g/mol. The van der Waals surface area contributed by atoms with Crippen LogP contribution in [0, 0.1) is 0 Å². The molecule has 3 aromatic rings. The predicted molar refractivity (Wildman–Crippen MR) is 130 cm³/mol. The minimum atomic E-state index is -0.294. The summed E-state index contributed by atoms with van der Waals surface area (Å²) in [7, 11) is 0. The quantitative estimate of drug-likeness (QED) is 0.399. The van der Waals surface area contributed by atoms with Crippen molar-refractivity contribution in [1.29, 1.82) is 0 Å². The van der Waals surface area contributed by atoms with Crippen molar-refractivity contribution in [2.75, 3.05) is 12.3 Å². The second kappa shape index (κ2) is 10.5. The molecule has 1 aliphatic heterocycles. The number of hydrogen-bond donors (Lipinski definition) is 1. The zero-order valence-electron chi connectivity index (χ0n) is 17.3. The van der Waals surface area contributed by atoms with Gasteiger partial charge in [0.1, 0.15) is 5.37 Å². The van der Waals surface area contributed by atoms with Crippen LogP contribution in [0.15, 0.2) is 84.0 Å². The summed E-state index contributed by atoms with van der Waals surface area (Å²) in [6.45, 7) is 0.669. The number of thioether (sulfide) groups is 1. The van der Waals surface area contributed by atoms with E-state index >= 15 is 0 Å². The number of benzene rings is 3. The number of hydrazone groups is 1. The third kappa shape index (κ3) is 5.58. The molecule has 0 saturated carbocycles. The first-order valence-electron chi connectivity index (χ1n) is 10.2. The lowest BCUT2D eigenvalue weighted by Gasteiger charge is -2.24. The van der Waals surface area contributed by atoms with Crippen molar-refractivity contribution < 1.29 is 9.59 Å². The van der Waals surface area contributed by atoms with Crippen LogP contribution in [0.4, 0.5) is 0 Å². The average Bonchev–Trinajstić information content (AvgIpc) is 3.20. The molecule has 5 nitrogen and oxygen atoms in total. The second-order valence-electron chi connectivity index (χ2n) is 7.36. The highest BCUT2D eigenvalue weighted by Crippen LogP contribution is 2.38. The Bertz CT molecular complexity index is 1100. The smallest absolute Gasteiger partial charge is 0.271 e. The lowest BCUT2D eigenvalue weighted by atomic mass is 10.1. The Hall–Kier alpha value is -3.09. The Labute approximate surface area is 196 Å². The number of nitrogens with zero attached hydrogens (tertiary/aromatic N) is 2. The fourth-order valence-electron chi connectivity index (χ4n) is 3.44. The van der Waals surface area contributed by atoms with E-state index in [4.69, 9.17) is 11.6 Å². The van der Waals surface area contributed by atoms with Crippen LogP contribution < -0.4 is 5.43 Å². The number of amides is 2. The van der Waals surface area contributed by atoms with Crippen molar-refractivity contribution in [2.45, 2.75) is 11.8 Å². The number of rotatable bonds is 7. The highest BCUT2D eigenvalue weighted by atomic mass is 35.5. The van der Waals surface area contributed by atoms with Crippen molar-refractivity contribution in [3.63, 3.8) is 0 Å². The summed E-state index contributed by atoms with van der Waals surface area (Å²) in [5.41, 5.74) is 6.10.